The number of rotatable bonds is 2. The fraction of sp³-hybridized carbons (Fsp3) is 0.158. The zero-order valence-corrected chi connectivity index (χ0v) is 12.6. The van der Waals surface area contributed by atoms with Gasteiger partial charge in [0.15, 0.2) is 0 Å². The second kappa shape index (κ2) is 5.44. The van der Waals surface area contributed by atoms with Crippen LogP contribution in [-0.2, 0) is 6.42 Å². The molecule has 0 fully saturated rings. The molecule has 122 valence electrons. The summed E-state index contributed by atoms with van der Waals surface area (Å²) < 4.78 is 40.6. The number of fused-ring (bicyclic) bond motifs is 2. The van der Waals surface area contributed by atoms with Crippen molar-refractivity contribution >= 4 is 16.5 Å². The number of benzene rings is 3. The van der Waals surface area contributed by atoms with Gasteiger partial charge in [0, 0.05) is 5.69 Å². The summed E-state index contributed by atoms with van der Waals surface area (Å²) in [5, 5.41) is 5.80. The smallest absolute Gasteiger partial charge is 0.406 e. The molecule has 0 aromatic heterocycles. The first kappa shape index (κ1) is 14.9. The standard InChI is InChI=1S/C19H14F3NO/c20-19(21,22)24-16-7-5-12(6-8-16)17-11-15-9-13-3-1-2-4-14(13)10-18(15)23-17/h1-10,17,23H,11H2. The largest absolute Gasteiger partial charge is 0.573 e. The molecule has 1 aliphatic rings. The van der Waals surface area contributed by atoms with Gasteiger partial charge in [-0.3, -0.25) is 0 Å². The van der Waals surface area contributed by atoms with Crippen molar-refractivity contribution in [1.29, 1.82) is 0 Å². The van der Waals surface area contributed by atoms with Gasteiger partial charge >= 0.3 is 6.36 Å². The lowest BCUT2D eigenvalue weighted by atomic mass is 10.0. The van der Waals surface area contributed by atoms with E-state index >= 15 is 0 Å². The molecular weight excluding hydrogens is 315 g/mol. The lowest BCUT2D eigenvalue weighted by Crippen LogP contribution is -2.17. The number of hydrogen-bond donors (Lipinski definition) is 1. The van der Waals surface area contributed by atoms with Gasteiger partial charge in [0.2, 0.25) is 0 Å². The highest BCUT2D eigenvalue weighted by Crippen LogP contribution is 2.37. The van der Waals surface area contributed by atoms with Gasteiger partial charge < -0.3 is 10.1 Å². The number of hydrogen-bond acceptors (Lipinski definition) is 2. The van der Waals surface area contributed by atoms with E-state index in [-0.39, 0.29) is 11.8 Å². The second-order valence-electron chi connectivity index (χ2n) is 5.87. The van der Waals surface area contributed by atoms with Crippen LogP contribution in [0.15, 0.2) is 60.7 Å². The Morgan fingerprint density at radius 1 is 0.917 bits per heavy atom. The Kier molecular flexibility index (Phi) is 3.37. The maximum atomic E-state index is 12.2. The summed E-state index contributed by atoms with van der Waals surface area (Å²) in [6.45, 7) is 0. The van der Waals surface area contributed by atoms with Gasteiger partial charge in [-0.05, 0) is 52.6 Å². The molecule has 3 aromatic rings. The molecule has 1 heterocycles. The Labute approximate surface area is 136 Å². The van der Waals surface area contributed by atoms with Gasteiger partial charge in [-0.1, -0.05) is 36.4 Å². The highest BCUT2D eigenvalue weighted by atomic mass is 19.4. The van der Waals surface area contributed by atoms with Crippen LogP contribution in [0.2, 0.25) is 0 Å². The molecule has 0 amide bonds. The van der Waals surface area contributed by atoms with Crippen LogP contribution in [0.5, 0.6) is 5.75 Å². The van der Waals surface area contributed by atoms with Crippen molar-refractivity contribution in [3.05, 3.63) is 71.8 Å². The quantitative estimate of drug-likeness (QED) is 0.675. The number of halogens is 3. The highest BCUT2D eigenvalue weighted by molar-refractivity contribution is 5.88. The molecule has 1 unspecified atom stereocenters. The first-order chi connectivity index (χ1) is 11.5. The van der Waals surface area contributed by atoms with Gasteiger partial charge in [-0.2, -0.15) is 0 Å². The maximum Gasteiger partial charge on any atom is 0.573 e. The van der Waals surface area contributed by atoms with E-state index in [2.05, 4.69) is 34.3 Å². The summed E-state index contributed by atoms with van der Waals surface area (Å²) in [4.78, 5) is 0. The van der Waals surface area contributed by atoms with Gasteiger partial charge in [0.1, 0.15) is 5.75 Å². The molecule has 1 aliphatic heterocycles. The number of anilines is 1. The second-order valence-corrected chi connectivity index (χ2v) is 5.87. The summed E-state index contributed by atoms with van der Waals surface area (Å²) in [6.07, 6.45) is -3.86. The van der Waals surface area contributed by atoms with E-state index < -0.39 is 6.36 Å². The van der Waals surface area contributed by atoms with Crippen LogP contribution in [0, 0.1) is 0 Å². The highest BCUT2D eigenvalue weighted by Gasteiger charge is 2.31. The van der Waals surface area contributed by atoms with Gasteiger partial charge in [-0.15, -0.1) is 13.2 Å². The van der Waals surface area contributed by atoms with E-state index in [1.54, 1.807) is 12.1 Å². The van der Waals surface area contributed by atoms with Crippen LogP contribution in [0.25, 0.3) is 10.8 Å². The minimum absolute atomic E-state index is 0.0525. The molecule has 5 heteroatoms. The van der Waals surface area contributed by atoms with Crippen LogP contribution >= 0.6 is 0 Å². The monoisotopic (exact) mass is 329 g/mol. The minimum atomic E-state index is -4.66. The van der Waals surface area contributed by atoms with E-state index in [4.69, 9.17) is 0 Å². The lowest BCUT2D eigenvalue weighted by molar-refractivity contribution is -0.274. The van der Waals surface area contributed by atoms with E-state index in [1.165, 1.54) is 28.5 Å². The van der Waals surface area contributed by atoms with Crippen molar-refractivity contribution in [2.45, 2.75) is 18.8 Å². The number of alkyl halides is 3. The molecule has 0 radical (unpaired) electrons. The minimum Gasteiger partial charge on any atom is -0.406 e. The summed E-state index contributed by atoms with van der Waals surface area (Å²) in [5.41, 5.74) is 3.23. The molecule has 1 atom stereocenters. The zero-order valence-electron chi connectivity index (χ0n) is 12.6. The predicted octanol–water partition coefficient (Wildman–Crippen LogP) is 5.45. The molecule has 2 nitrogen and oxygen atoms in total. The van der Waals surface area contributed by atoms with E-state index in [9.17, 15) is 13.2 Å². The Balaban J connectivity index is 1.57. The molecule has 0 aliphatic carbocycles. The average Bonchev–Trinajstić information content (AvgIpc) is 2.94. The van der Waals surface area contributed by atoms with Crippen molar-refractivity contribution in [2.75, 3.05) is 5.32 Å². The number of nitrogens with one attached hydrogen (secondary N) is 1. The Morgan fingerprint density at radius 3 is 2.25 bits per heavy atom. The third-order valence-electron chi connectivity index (χ3n) is 4.24. The van der Waals surface area contributed by atoms with Crippen molar-refractivity contribution in [3.63, 3.8) is 0 Å². The van der Waals surface area contributed by atoms with Crippen LogP contribution in [0.1, 0.15) is 17.2 Å². The topological polar surface area (TPSA) is 21.3 Å². The predicted molar refractivity (Wildman–Crippen MR) is 87.1 cm³/mol. The van der Waals surface area contributed by atoms with Crippen LogP contribution in [-0.4, -0.2) is 6.36 Å². The summed E-state index contributed by atoms with van der Waals surface area (Å²) in [7, 11) is 0. The molecule has 0 spiro atoms. The van der Waals surface area contributed by atoms with Crippen molar-refractivity contribution < 1.29 is 17.9 Å². The van der Waals surface area contributed by atoms with Crippen LogP contribution in [0.3, 0.4) is 0 Å². The molecule has 4 rings (SSSR count). The fourth-order valence-corrected chi connectivity index (χ4v) is 3.15. The van der Waals surface area contributed by atoms with Gasteiger partial charge in [0.05, 0.1) is 6.04 Å². The first-order valence-electron chi connectivity index (χ1n) is 7.62. The normalized spacial score (nSPS) is 16.7. The van der Waals surface area contributed by atoms with Crippen LogP contribution in [0.4, 0.5) is 18.9 Å². The maximum absolute atomic E-state index is 12.2. The number of ether oxygens (including phenoxy) is 1. The van der Waals surface area contributed by atoms with Crippen molar-refractivity contribution in [3.8, 4) is 5.75 Å². The van der Waals surface area contributed by atoms with E-state index in [1.807, 2.05) is 12.1 Å². The van der Waals surface area contributed by atoms with Crippen LogP contribution < -0.4 is 10.1 Å². The van der Waals surface area contributed by atoms with Gasteiger partial charge in [-0.25, -0.2) is 0 Å². The van der Waals surface area contributed by atoms with Crippen molar-refractivity contribution in [2.24, 2.45) is 0 Å². The first-order valence-corrected chi connectivity index (χ1v) is 7.62. The van der Waals surface area contributed by atoms with Gasteiger partial charge in [0.25, 0.3) is 0 Å². The average molecular weight is 329 g/mol. The molecule has 1 N–H and O–H groups in total. The Hall–Kier alpha value is -2.69. The zero-order chi connectivity index (χ0) is 16.7. The molecule has 0 saturated carbocycles. The molecule has 0 saturated heterocycles. The third-order valence-corrected chi connectivity index (χ3v) is 4.24. The molecule has 3 aromatic carbocycles. The Bertz CT molecular complexity index is 843. The van der Waals surface area contributed by atoms with Crippen molar-refractivity contribution in [1.82, 2.24) is 0 Å². The Morgan fingerprint density at radius 2 is 1.58 bits per heavy atom. The molecular formula is C19H14F3NO. The summed E-state index contributed by atoms with van der Waals surface area (Å²) >= 11 is 0. The SMILES string of the molecule is FC(F)(F)Oc1ccc(C2Cc3cc4ccccc4cc3N2)cc1. The van der Waals surface area contributed by atoms with E-state index in [0.717, 1.165) is 17.7 Å². The lowest BCUT2D eigenvalue weighted by Gasteiger charge is -2.13. The molecule has 0 bridgehead atoms. The third kappa shape index (κ3) is 2.89. The molecule has 24 heavy (non-hydrogen) atoms. The summed E-state index contributed by atoms with van der Waals surface area (Å²) in [5.74, 6) is -0.201. The summed E-state index contributed by atoms with van der Waals surface area (Å²) in [6, 6.07) is 18.5. The van der Waals surface area contributed by atoms with E-state index in [0.29, 0.717) is 0 Å². The fourth-order valence-electron chi connectivity index (χ4n) is 3.15.